The molecule has 1 fully saturated rings. The zero-order valence-corrected chi connectivity index (χ0v) is 16.4. The van der Waals surface area contributed by atoms with Crippen molar-refractivity contribution in [2.24, 2.45) is 5.41 Å². The van der Waals surface area contributed by atoms with Crippen LogP contribution in [0.5, 0.6) is 5.75 Å². The largest absolute Gasteiger partial charge is 0.497 e. The first kappa shape index (κ1) is 19.8. The van der Waals surface area contributed by atoms with Gasteiger partial charge in [0.1, 0.15) is 5.75 Å². The first-order valence-electron chi connectivity index (χ1n) is 9.18. The summed E-state index contributed by atoms with van der Waals surface area (Å²) in [4.78, 5) is 16.8. The van der Waals surface area contributed by atoms with Crippen LogP contribution in [-0.2, 0) is 16.0 Å². The van der Waals surface area contributed by atoms with Crippen molar-refractivity contribution in [1.82, 2.24) is 10.3 Å². The van der Waals surface area contributed by atoms with E-state index in [1.54, 1.807) is 18.4 Å². The van der Waals surface area contributed by atoms with Crippen LogP contribution in [0.1, 0.15) is 24.3 Å². The highest BCUT2D eigenvalue weighted by atomic mass is 32.1. The van der Waals surface area contributed by atoms with Crippen molar-refractivity contribution >= 4 is 17.2 Å². The lowest BCUT2D eigenvalue weighted by Gasteiger charge is -2.35. The summed E-state index contributed by atoms with van der Waals surface area (Å²) in [6.45, 7) is 1.86. The lowest BCUT2D eigenvalue weighted by atomic mass is 9.81. The number of hydrogen-bond donors (Lipinski definition) is 2. The minimum Gasteiger partial charge on any atom is -0.497 e. The molecule has 1 aromatic carbocycles. The molecule has 0 saturated carbocycles. The number of benzene rings is 1. The van der Waals surface area contributed by atoms with Crippen molar-refractivity contribution in [3.63, 3.8) is 0 Å². The van der Waals surface area contributed by atoms with E-state index in [4.69, 9.17) is 9.47 Å². The zero-order valence-electron chi connectivity index (χ0n) is 15.6. The smallest absolute Gasteiger partial charge is 0.220 e. The summed E-state index contributed by atoms with van der Waals surface area (Å²) < 4.78 is 10.5. The quantitative estimate of drug-likeness (QED) is 0.724. The van der Waals surface area contributed by atoms with Gasteiger partial charge in [0, 0.05) is 49.0 Å². The summed E-state index contributed by atoms with van der Waals surface area (Å²) in [5.74, 6) is 0.812. The van der Waals surface area contributed by atoms with Gasteiger partial charge in [-0.1, -0.05) is 0 Å². The Labute approximate surface area is 163 Å². The highest BCUT2D eigenvalue weighted by molar-refractivity contribution is 7.09. The average Bonchev–Trinajstić information content (AvgIpc) is 3.20. The van der Waals surface area contributed by atoms with Crippen molar-refractivity contribution in [2.45, 2.75) is 25.7 Å². The molecule has 1 aromatic heterocycles. The van der Waals surface area contributed by atoms with Crippen LogP contribution in [0.4, 0.5) is 0 Å². The van der Waals surface area contributed by atoms with Gasteiger partial charge in [0.2, 0.25) is 5.91 Å². The molecule has 2 aromatic rings. The number of aliphatic hydroxyl groups is 1. The highest BCUT2D eigenvalue weighted by Crippen LogP contribution is 2.29. The van der Waals surface area contributed by atoms with Gasteiger partial charge in [-0.15, -0.1) is 11.3 Å². The molecule has 0 atom stereocenters. The standard InChI is InChI=1S/C20H26N2O4S/c1-25-16-4-2-15(3-5-16)17-12-27-19(22-17)7-6-18(24)21-13-20(14-23)8-10-26-11-9-20/h2-5,12,23H,6-11,13-14H2,1H3,(H,21,24). The molecule has 7 heteroatoms. The SMILES string of the molecule is COc1ccc(-c2csc(CCC(=O)NCC3(CO)CCOCC3)n2)cc1. The third-order valence-electron chi connectivity index (χ3n) is 5.05. The average molecular weight is 391 g/mol. The summed E-state index contributed by atoms with van der Waals surface area (Å²) in [6.07, 6.45) is 2.57. The maximum atomic E-state index is 12.2. The molecule has 0 unspecified atom stereocenters. The van der Waals surface area contributed by atoms with Crippen molar-refractivity contribution < 1.29 is 19.4 Å². The summed E-state index contributed by atoms with van der Waals surface area (Å²) in [5.41, 5.74) is 1.71. The normalized spacial score (nSPS) is 16.1. The number of aromatic nitrogens is 1. The Morgan fingerprint density at radius 2 is 2.07 bits per heavy atom. The zero-order chi connectivity index (χ0) is 19.1. The molecule has 1 aliphatic rings. The molecule has 146 valence electrons. The molecular weight excluding hydrogens is 364 g/mol. The second-order valence-corrected chi connectivity index (χ2v) is 7.84. The van der Waals surface area contributed by atoms with Gasteiger partial charge in [-0.2, -0.15) is 0 Å². The number of rotatable bonds is 8. The van der Waals surface area contributed by atoms with E-state index in [9.17, 15) is 9.90 Å². The van der Waals surface area contributed by atoms with Crippen LogP contribution in [0.25, 0.3) is 11.3 Å². The van der Waals surface area contributed by atoms with Gasteiger partial charge < -0.3 is 19.9 Å². The fourth-order valence-corrected chi connectivity index (χ4v) is 3.92. The topological polar surface area (TPSA) is 80.7 Å². The molecule has 1 saturated heterocycles. The fraction of sp³-hybridized carbons (Fsp3) is 0.500. The second kappa shape index (κ2) is 9.30. The van der Waals surface area contributed by atoms with Crippen molar-refractivity contribution in [1.29, 1.82) is 0 Å². The van der Waals surface area contributed by atoms with Gasteiger partial charge in [-0.25, -0.2) is 4.98 Å². The Morgan fingerprint density at radius 1 is 1.33 bits per heavy atom. The Morgan fingerprint density at radius 3 is 2.74 bits per heavy atom. The molecule has 0 bridgehead atoms. The van der Waals surface area contributed by atoms with E-state index >= 15 is 0 Å². The summed E-state index contributed by atoms with van der Waals surface area (Å²) >= 11 is 1.57. The monoisotopic (exact) mass is 390 g/mol. The second-order valence-electron chi connectivity index (χ2n) is 6.90. The molecule has 27 heavy (non-hydrogen) atoms. The number of carbonyl (C=O) groups excluding carboxylic acids is 1. The first-order chi connectivity index (χ1) is 13.1. The minimum absolute atomic E-state index is 0.00415. The molecule has 0 spiro atoms. The van der Waals surface area contributed by atoms with E-state index in [1.165, 1.54) is 0 Å². The lowest BCUT2D eigenvalue weighted by Crippen LogP contribution is -2.43. The van der Waals surface area contributed by atoms with Gasteiger partial charge >= 0.3 is 0 Å². The molecular formula is C20H26N2O4S. The van der Waals surface area contributed by atoms with Crippen molar-refractivity contribution in [3.8, 4) is 17.0 Å². The Kier molecular flexibility index (Phi) is 6.82. The fourth-order valence-electron chi connectivity index (χ4n) is 3.11. The summed E-state index contributed by atoms with van der Waals surface area (Å²) in [6, 6.07) is 7.78. The molecule has 0 radical (unpaired) electrons. The Balaban J connectivity index is 1.48. The number of carbonyl (C=O) groups is 1. The van der Waals surface area contributed by atoms with Crippen LogP contribution in [0.15, 0.2) is 29.6 Å². The predicted octanol–water partition coefficient (Wildman–Crippen LogP) is 2.66. The van der Waals surface area contributed by atoms with Gasteiger partial charge in [-0.3, -0.25) is 4.79 Å². The van der Waals surface area contributed by atoms with Crippen LogP contribution >= 0.6 is 11.3 Å². The van der Waals surface area contributed by atoms with Crippen molar-refractivity contribution in [2.75, 3.05) is 33.5 Å². The number of nitrogens with one attached hydrogen (secondary N) is 1. The molecule has 1 amide bonds. The third kappa shape index (κ3) is 5.28. The highest BCUT2D eigenvalue weighted by Gasteiger charge is 2.32. The minimum atomic E-state index is -0.239. The Bertz CT molecular complexity index is 739. The lowest BCUT2D eigenvalue weighted by molar-refractivity contribution is -0.122. The molecule has 3 rings (SSSR count). The van der Waals surface area contributed by atoms with E-state index < -0.39 is 0 Å². The van der Waals surface area contributed by atoms with Gasteiger partial charge in [0.15, 0.2) is 0 Å². The number of methoxy groups -OCH3 is 1. The first-order valence-corrected chi connectivity index (χ1v) is 10.1. The molecule has 1 aliphatic heterocycles. The predicted molar refractivity (Wildman–Crippen MR) is 105 cm³/mol. The number of ether oxygens (including phenoxy) is 2. The number of aliphatic hydroxyl groups excluding tert-OH is 1. The number of thiazole rings is 1. The van der Waals surface area contributed by atoms with Crippen LogP contribution in [0.3, 0.4) is 0 Å². The summed E-state index contributed by atoms with van der Waals surface area (Å²) in [7, 11) is 1.64. The Hall–Kier alpha value is -1.96. The van der Waals surface area contributed by atoms with E-state index in [-0.39, 0.29) is 17.9 Å². The van der Waals surface area contributed by atoms with E-state index in [0.717, 1.165) is 34.9 Å². The summed E-state index contributed by atoms with van der Waals surface area (Å²) in [5, 5.41) is 15.6. The molecule has 2 N–H and O–H groups in total. The number of hydrogen-bond acceptors (Lipinski definition) is 6. The number of nitrogens with zero attached hydrogens (tertiary/aromatic N) is 1. The maximum Gasteiger partial charge on any atom is 0.220 e. The number of amides is 1. The number of aryl methyl sites for hydroxylation is 1. The van der Waals surface area contributed by atoms with E-state index in [1.807, 2.05) is 29.6 Å². The third-order valence-corrected chi connectivity index (χ3v) is 5.96. The van der Waals surface area contributed by atoms with E-state index in [2.05, 4.69) is 10.3 Å². The van der Waals surface area contributed by atoms with Crippen LogP contribution in [0.2, 0.25) is 0 Å². The van der Waals surface area contributed by atoms with Crippen LogP contribution < -0.4 is 10.1 Å². The van der Waals surface area contributed by atoms with Gasteiger partial charge in [-0.05, 0) is 37.1 Å². The molecule has 2 heterocycles. The van der Waals surface area contributed by atoms with Gasteiger partial charge in [0.25, 0.3) is 0 Å². The van der Waals surface area contributed by atoms with E-state index in [0.29, 0.717) is 32.6 Å². The molecule has 0 aliphatic carbocycles. The van der Waals surface area contributed by atoms with Crippen molar-refractivity contribution in [3.05, 3.63) is 34.7 Å². The van der Waals surface area contributed by atoms with Crippen LogP contribution in [-0.4, -0.2) is 49.5 Å². The maximum absolute atomic E-state index is 12.2. The molecule has 6 nitrogen and oxygen atoms in total. The van der Waals surface area contributed by atoms with Crippen LogP contribution in [0, 0.1) is 5.41 Å². The van der Waals surface area contributed by atoms with Gasteiger partial charge in [0.05, 0.1) is 24.4 Å².